The molecule has 1 amide bonds. The minimum atomic E-state index is -3.91. The van der Waals surface area contributed by atoms with Crippen LogP contribution in [-0.4, -0.2) is 58.6 Å². The molecule has 2 aromatic carbocycles. The first kappa shape index (κ1) is 23.8. The first-order valence-corrected chi connectivity index (χ1v) is 12.3. The van der Waals surface area contributed by atoms with E-state index in [0.717, 1.165) is 45.7 Å². The van der Waals surface area contributed by atoms with E-state index < -0.39 is 10.0 Å². The Labute approximate surface area is 192 Å². The van der Waals surface area contributed by atoms with E-state index >= 15 is 0 Å². The lowest BCUT2D eigenvalue weighted by atomic mass is 10.2. The number of sulfonamides is 1. The number of nitrogens with zero attached hydrogens (tertiary/aromatic N) is 1. The number of unbranched alkanes of at least 4 members (excludes halogenated alkanes) is 1. The Balaban J connectivity index is 1.47. The number of hydrogen-bond donors (Lipinski definition) is 2. The fraction of sp³-hybridized carbons (Fsp3) is 0.381. The summed E-state index contributed by atoms with van der Waals surface area (Å²) in [5.41, 5.74) is 0.773. The SMILES string of the molecule is O=C(NCCCCN1CCOCC1)c1ccc(NS(=O)(=O)c2cc(Cl)ccc2Cl)cc1. The van der Waals surface area contributed by atoms with Gasteiger partial charge in [-0.25, -0.2) is 8.42 Å². The molecule has 10 heteroatoms. The molecule has 0 unspecified atom stereocenters. The molecule has 0 aliphatic carbocycles. The van der Waals surface area contributed by atoms with Crippen molar-refractivity contribution in [1.82, 2.24) is 10.2 Å². The Morgan fingerprint density at radius 2 is 1.74 bits per heavy atom. The minimum Gasteiger partial charge on any atom is -0.379 e. The normalized spacial score (nSPS) is 14.9. The van der Waals surface area contributed by atoms with Crippen molar-refractivity contribution in [3.05, 3.63) is 58.1 Å². The number of nitrogens with one attached hydrogen (secondary N) is 2. The van der Waals surface area contributed by atoms with Crippen LogP contribution in [-0.2, 0) is 14.8 Å². The highest BCUT2D eigenvalue weighted by atomic mass is 35.5. The van der Waals surface area contributed by atoms with E-state index in [-0.39, 0.29) is 20.8 Å². The van der Waals surface area contributed by atoms with Gasteiger partial charge >= 0.3 is 0 Å². The molecule has 7 nitrogen and oxygen atoms in total. The van der Waals surface area contributed by atoms with E-state index in [1.54, 1.807) is 12.1 Å². The van der Waals surface area contributed by atoms with Crippen LogP contribution in [0.3, 0.4) is 0 Å². The second kappa shape index (κ2) is 11.2. The van der Waals surface area contributed by atoms with Crippen LogP contribution in [0.1, 0.15) is 23.2 Å². The monoisotopic (exact) mass is 485 g/mol. The molecule has 1 aliphatic rings. The molecule has 0 atom stereocenters. The summed E-state index contributed by atoms with van der Waals surface area (Å²) in [6.07, 6.45) is 1.90. The molecule has 1 fully saturated rings. The van der Waals surface area contributed by atoms with Gasteiger partial charge in [-0.2, -0.15) is 0 Å². The molecule has 1 saturated heterocycles. The third kappa shape index (κ3) is 7.08. The zero-order valence-corrected chi connectivity index (χ0v) is 19.3. The molecule has 0 bridgehead atoms. The number of anilines is 1. The minimum absolute atomic E-state index is 0.0708. The van der Waals surface area contributed by atoms with Crippen molar-refractivity contribution in [3.8, 4) is 0 Å². The van der Waals surface area contributed by atoms with Crippen LogP contribution in [0.15, 0.2) is 47.4 Å². The maximum atomic E-state index is 12.6. The summed E-state index contributed by atoms with van der Waals surface area (Å²) in [5, 5.41) is 3.23. The molecule has 2 N–H and O–H groups in total. The lowest BCUT2D eigenvalue weighted by molar-refractivity contribution is 0.0372. The highest BCUT2D eigenvalue weighted by Crippen LogP contribution is 2.27. The Hall–Kier alpha value is -1.84. The van der Waals surface area contributed by atoms with Gasteiger partial charge in [-0.1, -0.05) is 23.2 Å². The van der Waals surface area contributed by atoms with Gasteiger partial charge in [0.1, 0.15) is 4.90 Å². The van der Waals surface area contributed by atoms with Gasteiger partial charge in [0, 0.05) is 35.9 Å². The van der Waals surface area contributed by atoms with E-state index in [1.807, 2.05) is 0 Å². The fourth-order valence-corrected chi connectivity index (χ4v) is 4.99. The first-order chi connectivity index (χ1) is 14.8. The highest BCUT2D eigenvalue weighted by Gasteiger charge is 2.19. The molecule has 2 aromatic rings. The predicted molar refractivity (Wildman–Crippen MR) is 123 cm³/mol. The van der Waals surface area contributed by atoms with Crippen LogP contribution >= 0.6 is 23.2 Å². The van der Waals surface area contributed by atoms with Crippen LogP contribution in [0.4, 0.5) is 5.69 Å². The predicted octanol–water partition coefficient (Wildman–Crippen LogP) is 3.64. The lowest BCUT2D eigenvalue weighted by Gasteiger charge is -2.26. The van der Waals surface area contributed by atoms with Gasteiger partial charge in [-0.05, 0) is 61.9 Å². The number of morpholine rings is 1. The van der Waals surface area contributed by atoms with Crippen LogP contribution in [0.5, 0.6) is 0 Å². The number of amides is 1. The molecule has 0 spiro atoms. The number of halogens is 2. The quantitative estimate of drug-likeness (QED) is 0.529. The third-order valence-electron chi connectivity index (χ3n) is 4.87. The van der Waals surface area contributed by atoms with Gasteiger partial charge in [-0.3, -0.25) is 14.4 Å². The molecule has 31 heavy (non-hydrogen) atoms. The summed E-state index contributed by atoms with van der Waals surface area (Å²) in [4.78, 5) is 14.6. The summed E-state index contributed by atoms with van der Waals surface area (Å²) in [7, 11) is -3.91. The lowest BCUT2D eigenvalue weighted by Crippen LogP contribution is -2.37. The Morgan fingerprint density at radius 1 is 1.03 bits per heavy atom. The van der Waals surface area contributed by atoms with Gasteiger partial charge in [0.15, 0.2) is 0 Å². The fourth-order valence-electron chi connectivity index (χ4n) is 3.17. The summed E-state index contributed by atoms with van der Waals surface area (Å²) in [6, 6.07) is 10.4. The second-order valence-electron chi connectivity index (χ2n) is 7.17. The van der Waals surface area contributed by atoms with E-state index in [9.17, 15) is 13.2 Å². The Bertz CT molecular complexity index is 994. The number of carbonyl (C=O) groups is 1. The van der Waals surface area contributed by atoms with Gasteiger partial charge in [0.2, 0.25) is 0 Å². The van der Waals surface area contributed by atoms with Crippen molar-refractivity contribution in [2.24, 2.45) is 0 Å². The van der Waals surface area contributed by atoms with Crippen molar-refractivity contribution >= 4 is 44.8 Å². The molecule has 0 saturated carbocycles. The molecule has 0 aromatic heterocycles. The van der Waals surface area contributed by atoms with Gasteiger partial charge < -0.3 is 10.1 Å². The molecule has 1 heterocycles. The average Bonchev–Trinajstić information content (AvgIpc) is 2.76. The highest BCUT2D eigenvalue weighted by molar-refractivity contribution is 7.92. The van der Waals surface area contributed by atoms with Gasteiger partial charge in [0.25, 0.3) is 15.9 Å². The van der Waals surface area contributed by atoms with Crippen molar-refractivity contribution in [2.45, 2.75) is 17.7 Å². The van der Waals surface area contributed by atoms with Crippen LogP contribution < -0.4 is 10.0 Å². The zero-order chi connectivity index (χ0) is 22.3. The number of hydrogen-bond acceptors (Lipinski definition) is 5. The molecular formula is C21H25Cl2N3O4S. The van der Waals surface area contributed by atoms with E-state index in [4.69, 9.17) is 27.9 Å². The summed E-state index contributed by atoms with van der Waals surface area (Å²) in [6.45, 7) is 5.09. The second-order valence-corrected chi connectivity index (χ2v) is 9.67. The number of benzene rings is 2. The smallest absolute Gasteiger partial charge is 0.263 e. The largest absolute Gasteiger partial charge is 0.379 e. The molecule has 1 aliphatic heterocycles. The van der Waals surface area contributed by atoms with E-state index in [0.29, 0.717) is 17.8 Å². The van der Waals surface area contributed by atoms with Crippen molar-refractivity contribution in [1.29, 1.82) is 0 Å². The Morgan fingerprint density at radius 3 is 2.45 bits per heavy atom. The molecular weight excluding hydrogens is 461 g/mol. The van der Waals surface area contributed by atoms with Crippen LogP contribution in [0.2, 0.25) is 10.0 Å². The topological polar surface area (TPSA) is 87.7 Å². The van der Waals surface area contributed by atoms with Crippen molar-refractivity contribution in [3.63, 3.8) is 0 Å². The van der Waals surface area contributed by atoms with E-state index in [2.05, 4.69) is 14.9 Å². The van der Waals surface area contributed by atoms with E-state index in [1.165, 1.54) is 30.3 Å². The number of rotatable bonds is 9. The number of carbonyl (C=O) groups excluding carboxylic acids is 1. The number of ether oxygens (including phenoxy) is 1. The molecule has 0 radical (unpaired) electrons. The molecule has 168 valence electrons. The maximum absolute atomic E-state index is 12.6. The third-order valence-corrected chi connectivity index (χ3v) is 6.97. The van der Waals surface area contributed by atoms with Crippen molar-refractivity contribution < 1.29 is 17.9 Å². The zero-order valence-electron chi connectivity index (χ0n) is 16.9. The standard InChI is InChI=1S/C21H25Cl2N3O4S/c22-17-5-8-19(23)20(15-17)31(28,29)25-18-6-3-16(4-7-18)21(27)24-9-1-2-10-26-11-13-30-14-12-26/h3-8,15,25H,1-2,9-14H2,(H,24,27). The van der Waals surface area contributed by atoms with Crippen LogP contribution in [0, 0.1) is 0 Å². The van der Waals surface area contributed by atoms with Crippen molar-refractivity contribution in [2.75, 3.05) is 44.1 Å². The summed E-state index contributed by atoms with van der Waals surface area (Å²) < 4.78 is 32.9. The van der Waals surface area contributed by atoms with Gasteiger partial charge in [-0.15, -0.1) is 0 Å². The average molecular weight is 486 g/mol. The van der Waals surface area contributed by atoms with Crippen LogP contribution in [0.25, 0.3) is 0 Å². The maximum Gasteiger partial charge on any atom is 0.263 e. The summed E-state index contributed by atoms with van der Waals surface area (Å²) in [5.74, 6) is -0.196. The summed E-state index contributed by atoms with van der Waals surface area (Å²) >= 11 is 11.9. The molecule has 3 rings (SSSR count). The first-order valence-electron chi connectivity index (χ1n) is 10.0. The Kier molecular flexibility index (Phi) is 8.57. The van der Waals surface area contributed by atoms with Gasteiger partial charge in [0.05, 0.1) is 18.2 Å².